The van der Waals surface area contributed by atoms with E-state index >= 15 is 0 Å². The molecule has 0 aromatic heterocycles. The van der Waals surface area contributed by atoms with Crippen LogP contribution in [0.25, 0.3) is 6.08 Å². The average molecular weight is 590 g/mol. The smallest absolute Gasteiger partial charge is 0.335 e. The van der Waals surface area contributed by atoms with Gasteiger partial charge >= 0.3 is 6.03 Å². The standard InChI is InChI=1S/C25H15BrCl2N2O6/c26-15-2-5-20(34-11-13-1-4-18(27)19(28)7-13)14(8-15)9-17-23(31)29-25(33)30(24(17)32)16-3-6-21-22(10-16)36-12-35-21/h1-10H,11-12H2,(H,29,31,33)/b17-9+. The molecule has 2 aliphatic heterocycles. The number of benzene rings is 3. The number of carbonyl (C=O) groups is 3. The molecule has 0 unspecified atom stereocenters. The third-order valence-corrected chi connectivity index (χ3v) is 6.60. The Kier molecular flexibility index (Phi) is 6.61. The van der Waals surface area contributed by atoms with Crippen molar-refractivity contribution in [3.8, 4) is 17.2 Å². The van der Waals surface area contributed by atoms with E-state index in [1.165, 1.54) is 18.2 Å². The zero-order valence-electron chi connectivity index (χ0n) is 18.2. The van der Waals surface area contributed by atoms with E-state index in [0.29, 0.717) is 37.3 Å². The number of carbonyl (C=O) groups excluding carboxylic acids is 3. The number of imide groups is 2. The van der Waals surface area contributed by atoms with Gasteiger partial charge in [0, 0.05) is 16.1 Å². The van der Waals surface area contributed by atoms with Gasteiger partial charge < -0.3 is 14.2 Å². The number of barbiturate groups is 1. The number of rotatable bonds is 5. The molecule has 2 aliphatic rings. The number of fused-ring (bicyclic) bond motifs is 1. The summed E-state index contributed by atoms with van der Waals surface area (Å²) in [5, 5.41) is 3.03. The number of hydrogen-bond donors (Lipinski definition) is 1. The number of anilines is 1. The topological polar surface area (TPSA) is 94.2 Å². The number of hydrogen-bond acceptors (Lipinski definition) is 6. The van der Waals surface area contributed by atoms with E-state index in [4.69, 9.17) is 37.4 Å². The molecule has 0 saturated carbocycles. The fourth-order valence-corrected chi connectivity index (χ4v) is 4.33. The molecular formula is C25H15BrCl2N2O6. The first kappa shape index (κ1) is 24.2. The van der Waals surface area contributed by atoms with Gasteiger partial charge in [-0.25, -0.2) is 9.69 Å². The summed E-state index contributed by atoms with van der Waals surface area (Å²) in [5.74, 6) is -0.326. The molecule has 1 fully saturated rings. The molecule has 0 bridgehead atoms. The first-order chi connectivity index (χ1) is 17.3. The zero-order chi connectivity index (χ0) is 25.4. The maximum absolute atomic E-state index is 13.3. The second kappa shape index (κ2) is 9.85. The van der Waals surface area contributed by atoms with Gasteiger partial charge in [0.1, 0.15) is 17.9 Å². The van der Waals surface area contributed by atoms with Gasteiger partial charge in [-0.2, -0.15) is 0 Å². The van der Waals surface area contributed by atoms with Crippen LogP contribution in [0.3, 0.4) is 0 Å². The van der Waals surface area contributed by atoms with Crippen LogP contribution in [-0.2, 0) is 16.2 Å². The molecule has 11 heteroatoms. The fraction of sp³-hybridized carbons (Fsp3) is 0.0800. The van der Waals surface area contributed by atoms with Crippen LogP contribution in [-0.4, -0.2) is 24.6 Å². The van der Waals surface area contributed by atoms with E-state index < -0.39 is 17.8 Å². The number of nitrogens with one attached hydrogen (secondary N) is 1. The van der Waals surface area contributed by atoms with E-state index in [1.54, 1.807) is 42.5 Å². The van der Waals surface area contributed by atoms with Crippen LogP contribution in [0.2, 0.25) is 10.0 Å². The van der Waals surface area contributed by atoms with Gasteiger partial charge in [-0.3, -0.25) is 14.9 Å². The molecule has 0 atom stereocenters. The van der Waals surface area contributed by atoms with Crippen LogP contribution < -0.4 is 24.4 Å². The largest absolute Gasteiger partial charge is 0.488 e. The molecule has 2 heterocycles. The first-order valence-corrected chi connectivity index (χ1v) is 12.0. The highest BCUT2D eigenvalue weighted by atomic mass is 79.9. The molecule has 8 nitrogen and oxygen atoms in total. The molecule has 3 aromatic carbocycles. The lowest BCUT2D eigenvalue weighted by Crippen LogP contribution is -2.54. The molecule has 5 rings (SSSR count). The Morgan fingerprint density at radius 1 is 0.972 bits per heavy atom. The number of urea groups is 1. The van der Waals surface area contributed by atoms with Crippen molar-refractivity contribution in [3.63, 3.8) is 0 Å². The van der Waals surface area contributed by atoms with Crippen molar-refractivity contribution in [2.75, 3.05) is 11.7 Å². The van der Waals surface area contributed by atoms with E-state index in [0.717, 1.165) is 10.5 Å². The summed E-state index contributed by atoms with van der Waals surface area (Å²) >= 11 is 15.5. The van der Waals surface area contributed by atoms with Crippen LogP contribution in [0.4, 0.5) is 10.5 Å². The number of ether oxygens (including phenoxy) is 3. The average Bonchev–Trinajstić information content (AvgIpc) is 3.31. The summed E-state index contributed by atoms with van der Waals surface area (Å²) in [4.78, 5) is 39.4. The zero-order valence-corrected chi connectivity index (χ0v) is 21.3. The van der Waals surface area contributed by atoms with Gasteiger partial charge in [-0.05, 0) is 54.1 Å². The Morgan fingerprint density at radius 3 is 2.58 bits per heavy atom. The normalized spacial score (nSPS) is 15.9. The van der Waals surface area contributed by atoms with E-state index in [2.05, 4.69) is 21.2 Å². The van der Waals surface area contributed by atoms with Crippen LogP contribution in [0.5, 0.6) is 17.2 Å². The number of amides is 4. The lowest BCUT2D eigenvalue weighted by atomic mass is 10.1. The lowest BCUT2D eigenvalue weighted by molar-refractivity contribution is -0.122. The van der Waals surface area contributed by atoms with Crippen LogP contribution in [0.1, 0.15) is 11.1 Å². The van der Waals surface area contributed by atoms with Crippen molar-refractivity contribution in [1.29, 1.82) is 0 Å². The van der Waals surface area contributed by atoms with E-state index in [-0.39, 0.29) is 24.7 Å². The Labute approximate surface area is 223 Å². The Morgan fingerprint density at radius 2 is 1.78 bits per heavy atom. The minimum absolute atomic E-state index is 0.0382. The highest BCUT2D eigenvalue weighted by Crippen LogP contribution is 2.37. The third kappa shape index (κ3) is 4.77. The van der Waals surface area contributed by atoms with Gasteiger partial charge in [0.15, 0.2) is 11.5 Å². The van der Waals surface area contributed by atoms with Gasteiger partial charge in [-0.1, -0.05) is 45.2 Å². The summed E-state index contributed by atoms with van der Waals surface area (Å²) in [6.07, 6.45) is 1.37. The summed E-state index contributed by atoms with van der Waals surface area (Å²) in [6.45, 7) is 0.201. The van der Waals surface area contributed by atoms with Crippen molar-refractivity contribution in [1.82, 2.24) is 5.32 Å². The second-order valence-electron chi connectivity index (χ2n) is 7.71. The number of halogens is 3. The van der Waals surface area contributed by atoms with Crippen LogP contribution in [0, 0.1) is 0 Å². The van der Waals surface area contributed by atoms with E-state index in [9.17, 15) is 14.4 Å². The van der Waals surface area contributed by atoms with Gasteiger partial charge in [0.25, 0.3) is 11.8 Å². The van der Waals surface area contributed by atoms with Crippen LogP contribution in [0.15, 0.2) is 64.6 Å². The first-order valence-electron chi connectivity index (χ1n) is 10.5. The maximum Gasteiger partial charge on any atom is 0.335 e. The molecule has 3 aromatic rings. The molecular weight excluding hydrogens is 575 g/mol. The lowest BCUT2D eigenvalue weighted by Gasteiger charge is -2.26. The van der Waals surface area contributed by atoms with Gasteiger partial charge in [-0.15, -0.1) is 0 Å². The molecule has 1 N–H and O–H groups in total. The summed E-state index contributed by atoms with van der Waals surface area (Å²) in [6, 6.07) is 14.0. The van der Waals surface area contributed by atoms with Gasteiger partial charge in [0.05, 0.1) is 15.7 Å². The highest BCUT2D eigenvalue weighted by Gasteiger charge is 2.37. The molecule has 0 spiro atoms. The minimum Gasteiger partial charge on any atom is -0.488 e. The summed E-state index contributed by atoms with van der Waals surface area (Å²) < 4.78 is 17.3. The Balaban J connectivity index is 1.46. The van der Waals surface area contributed by atoms with E-state index in [1.807, 2.05) is 0 Å². The molecule has 182 valence electrons. The van der Waals surface area contributed by atoms with Crippen molar-refractivity contribution < 1.29 is 28.6 Å². The predicted molar refractivity (Wildman–Crippen MR) is 137 cm³/mol. The quantitative estimate of drug-likeness (QED) is 0.302. The van der Waals surface area contributed by atoms with Crippen molar-refractivity contribution >= 4 is 68.7 Å². The molecule has 1 saturated heterocycles. The molecule has 0 aliphatic carbocycles. The third-order valence-electron chi connectivity index (χ3n) is 5.37. The Bertz CT molecular complexity index is 1460. The SMILES string of the molecule is O=C1NC(=O)N(c2ccc3c(c2)OCO3)C(=O)/C1=C/c1cc(Br)ccc1OCc1ccc(Cl)c(Cl)c1. The minimum atomic E-state index is -0.869. The molecule has 36 heavy (non-hydrogen) atoms. The summed E-state index contributed by atoms with van der Waals surface area (Å²) in [7, 11) is 0. The van der Waals surface area contributed by atoms with Crippen molar-refractivity contribution in [2.45, 2.75) is 6.61 Å². The predicted octanol–water partition coefficient (Wildman–Crippen LogP) is 5.73. The fourth-order valence-electron chi connectivity index (χ4n) is 3.63. The maximum atomic E-state index is 13.3. The number of nitrogens with zero attached hydrogens (tertiary/aromatic N) is 1. The monoisotopic (exact) mass is 588 g/mol. The van der Waals surface area contributed by atoms with Crippen molar-refractivity contribution in [3.05, 3.63) is 85.8 Å². The molecule has 4 amide bonds. The van der Waals surface area contributed by atoms with Crippen LogP contribution >= 0.6 is 39.1 Å². The summed E-state index contributed by atoms with van der Waals surface area (Å²) in [5.41, 5.74) is 1.20. The van der Waals surface area contributed by atoms with Gasteiger partial charge in [0.2, 0.25) is 6.79 Å². The second-order valence-corrected chi connectivity index (χ2v) is 9.44. The highest BCUT2D eigenvalue weighted by molar-refractivity contribution is 9.10. The Hall–Kier alpha value is -3.53. The molecule has 0 radical (unpaired) electrons. The van der Waals surface area contributed by atoms with Crippen molar-refractivity contribution in [2.24, 2.45) is 0 Å².